The summed E-state index contributed by atoms with van der Waals surface area (Å²) in [4.78, 5) is 78.8. The van der Waals surface area contributed by atoms with E-state index in [-0.39, 0.29) is 103 Å². The highest BCUT2D eigenvalue weighted by Crippen LogP contribution is 2.57. The summed E-state index contributed by atoms with van der Waals surface area (Å²) >= 11 is 0. The second kappa shape index (κ2) is 16.2. The summed E-state index contributed by atoms with van der Waals surface area (Å²) < 4.78 is 45.3. The number of amides is 4. The van der Waals surface area contributed by atoms with Crippen LogP contribution in [0.5, 0.6) is 23.0 Å². The molecule has 1 spiro atoms. The van der Waals surface area contributed by atoms with E-state index in [2.05, 4.69) is 10.6 Å². The van der Waals surface area contributed by atoms with Gasteiger partial charge in [0.15, 0.2) is 5.60 Å². The molecule has 1 fully saturated rings. The number of carbonyl (C=O) groups excluding carboxylic acids is 6. The molecule has 19 heteroatoms. The van der Waals surface area contributed by atoms with Crippen molar-refractivity contribution in [1.29, 1.82) is 0 Å². The van der Waals surface area contributed by atoms with Gasteiger partial charge < -0.3 is 39.6 Å². The van der Waals surface area contributed by atoms with E-state index in [0.29, 0.717) is 34.6 Å². The molecular weight excluding hydrogens is 768 g/mol. The molecule has 57 heavy (non-hydrogen) atoms. The van der Waals surface area contributed by atoms with E-state index in [9.17, 15) is 52.0 Å². The standard InChI is InChI=1S/C38H40N4O14S/c1-42(22-57(51,52)53,17-3-15-39-32(45)5-2-6-35(48)56-41-33(46)13-14-34(41)47)18-4-16-40-36(49)23-7-10-27-26(19-23)37(50)55-38(27)28-11-8-24(43)20-30(28)54-31-21-25(44)9-12-29(31)38/h7-12,19-21H,2-6,13-18,22H2,1H3,(H4-,39,40,43,44,45,49,51,52,53)/p+1. The Labute approximate surface area is 326 Å². The molecule has 1 atom stereocenters. The Kier molecular flexibility index (Phi) is 11.5. The first kappa shape index (κ1) is 40.6. The number of benzene rings is 3. The molecule has 5 N–H and O–H groups in total. The summed E-state index contributed by atoms with van der Waals surface area (Å²) in [5.41, 5.74) is 0.0949. The first-order valence-electron chi connectivity index (χ1n) is 18.1. The fourth-order valence-corrected chi connectivity index (χ4v) is 8.27. The van der Waals surface area contributed by atoms with Gasteiger partial charge in [0.25, 0.3) is 17.7 Å². The van der Waals surface area contributed by atoms with Gasteiger partial charge in [-0.25, -0.2) is 9.59 Å². The molecular formula is C38H41N4O14S+. The predicted octanol–water partition coefficient (Wildman–Crippen LogP) is 2.36. The lowest BCUT2D eigenvalue weighted by Gasteiger charge is -2.36. The monoisotopic (exact) mass is 809 g/mol. The number of imide groups is 1. The van der Waals surface area contributed by atoms with Crippen LogP contribution < -0.4 is 15.4 Å². The van der Waals surface area contributed by atoms with Gasteiger partial charge in [-0.3, -0.25) is 23.7 Å². The van der Waals surface area contributed by atoms with Crippen LogP contribution in [0, 0.1) is 0 Å². The zero-order valence-corrected chi connectivity index (χ0v) is 31.6. The van der Waals surface area contributed by atoms with Crippen molar-refractivity contribution in [3.8, 4) is 23.0 Å². The smallest absolute Gasteiger partial charge is 0.340 e. The van der Waals surface area contributed by atoms with Crippen molar-refractivity contribution in [3.63, 3.8) is 0 Å². The second-order valence-corrected chi connectivity index (χ2v) is 15.7. The molecule has 0 saturated carbocycles. The van der Waals surface area contributed by atoms with Crippen LogP contribution in [0.15, 0.2) is 54.6 Å². The number of phenolic OH excluding ortho intramolecular Hbond substituents is 2. The van der Waals surface area contributed by atoms with Gasteiger partial charge >= 0.3 is 22.1 Å². The fraction of sp³-hybridized carbons (Fsp3) is 0.368. The number of carbonyl (C=O) groups is 6. The van der Waals surface area contributed by atoms with Crippen LogP contribution >= 0.6 is 0 Å². The molecule has 3 aromatic carbocycles. The van der Waals surface area contributed by atoms with Gasteiger partial charge in [0.2, 0.25) is 11.8 Å². The van der Waals surface area contributed by atoms with Gasteiger partial charge in [-0.2, -0.15) is 8.42 Å². The van der Waals surface area contributed by atoms with E-state index in [1.807, 2.05) is 0 Å². The van der Waals surface area contributed by atoms with E-state index in [1.165, 1.54) is 36.4 Å². The minimum atomic E-state index is -4.40. The maximum atomic E-state index is 13.4. The highest BCUT2D eigenvalue weighted by molar-refractivity contribution is 7.85. The first-order valence-corrected chi connectivity index (χ1v) is 19.7. The van der Waals surface area contributed by atoms with Gasteiger partial charge in [0.05, 0.1) is 25.7 Å². The van der Waals surface area contributed by atoms with E-state index < -0.39 is 51.3 Å². The maximum absolute atomic E-state index is 13.4. The quantitative estimate of drug-likeness (QED) is 0.0458. The molecule has 0 aliphatic carbocycles. The Hall–Kier alpha value is -6.05. The summed E-state index contributed by atoms with van der Waals surface area (Å²) in [5.74, 6) is -3.95. The Bertz CT molecular complexity index is 2190. The van der Waals surface area contributed by atoms with Gasteiger partial charge in [-0.15, -0.1) is 5.06 Å². The van der Waals surface area contributed by atoms with Gasteiger partial charge in [0, 0.05) is 86.0 Å². The summed E-state index contributed by atoms with van der Waals surface area (Å²) in [6.07, 6.45) is 0.462. The number of fused-ring (bicyclic) bond motifs is 6. The number of nitrogens with zero attached hydrogens (tertiary/aromatic N) is 2. The van der Waals surface area contributed by atoms with E-state index in [4.69, 9.17) is 14.3 Å². The van der Waals surface area contributed by atoms with Crippen LogP contribution in [-0.2, 0) is 44.5 Å². The average molecular weight is 810 g/mol. The molecule has 6 rings (SSSR count). The van der Waals surface area contributed by atoms with Gasteiger partial charge in [0.1, 0.15) is 23.0 Å². The second-order valence-electron chi connectivity index (χ2n) is 14.3. The van der Waals surface area contributed by atoms with Crippen molar-refractivity contribution in [2.75, 3.05) is 39.1 Å². The maximum Gasteiger partial charge on any atom is 0.340 e. The number of ether oxygens (including phenoxy) is 2. The number of nitrogens with one attached hydrogen (secondary N) is 2. The largest absolute Gasteiger partial charge is 0.508 e. The third-order valence-corrected chi connectivity index (χ3v) is 10.8. The molecule has 3 aromatic rings. The van der Waals surface area contributed by atoms with Crippen molar-refractivity contribution >= 4 is 45.7 Å². The lowest BCUT2D eigenvalue weighted by atomic mass is 9.77. The normalized spacial score (nSPS) is 16.2. The van der Waals surface area contributed by atoms with Gasteiger partial charge in [-0.05, 0) is 42.8 Å². The molecule has 1 unspecified atom stereocenters. The van der Waals surface area contributed by atoms with E-state index in [1.54, 1.807) is 25.2 Å². The number of phenols is 2. The molecule has 1 saturated heterocycles. The topological polar surface area (TPSA) is 252 Å². The summed E-state index contributed by atoms with van der Waals surface area (Å²) in [7, 11) is -2.78. The summed E-state index contributed by atoms with van der Waals surface area (Å²) in [6, 6.07) is 13.3. The molecule has 302 valence electrons. The van der Waals surface area contributed by atoms with Crippen LogP contribution in [0.25, 0.3) is 0 Å². The minimum Gasteiger partial charge on any atom is -0.508 e. The molecule has 3 aliphatic heterocycles. The summed E-state index contributed by atoms with van der Waals surface area (Å²) in [5, 5.41) is 26.2. The molecule has 0 bridgehead atoms. The lowest BCUT2D eigenvalue weighted by molar-refractivity contribution is -0.898. The van der Waals surface area contributed by atoms with Crippen molar-refractivity contribution in [2.45, 2.75) is 50.5 Å². The Morgan fingerprint density at radius 1 is 0.825 bits per heavy atom. The number of esters is 1. The van der Waals surface area contributed by atoms with Crippen LogP contribution in [-0.4, -0.2) is 107 Å². The van der Waals surface area contributed by atoms with E-state index >= 15 is 0 Å². The van der Waals surface area contributed by atoms with Crippen LogP contribution in [0.1, 0.15) is 82.4 Å². The average Bonchev–Trinajstić information content (AvgIpc) is 3.61. The molecule has 0 radical (unpaired) electrons. The zero-order valence-electron chi connectivity index (χ0n) is 30.8. The third kappa shape index (κ3) is 9.00. The highest BCUT2D eigenvalue weighted by Gasteiger charge is 2.54. The summed E-state index contributed by atoms with van der Waals surface area (Å²) in [6.45, 7) is 0.758. The van der Waals surface area contributed by atoms with Gasteiger partial charge in [-0.1, -0.05) is 6.07 Å². The number of hydroxylamine groups is 2. The molecule has 3 heterocycles. The SMILES string of the molecule is C[N+](CCCNC(=O)CCCC(=O)ON1C(=O)CCC1=O)(CCCNC(=O)c1ccc2c(c1)C(=O)OC21c2ccc(O)cc2Oc2cc(O)ccc21)CS(=O)(=O)O. The number of quaternary nitrogens is 1. The number of hydrogen-bond donors (Lipinski definition) is 5. The number of hydrogen-bond acceptors (Lipinski definition) is 13. The van der Waals surface area contributed by atoms with Crippen LogP contribution in [0.4, 0.5) is 0 Å². The van der Waals surface area contributed by atoms with Crippen LogP contribution in [0.3, 0.4) is 0 Å². The lowest BCUT2D eigenvalue weighted by Crippen LogP contribution is -2.50. The Morgan fingerprint density at radius 3 is 2.00 bits per heavy atom. The molecule has 3 aliphatic rings. The molecule has 18 nitrogen and oxygen atoms in total. The highest BCUT2D eigenvalue weighted by atomic mass is 32.2. The first-order chi connectivity index (χ1) is 27.0. The minimum absolute atomic E-state index is 0.0294. The number of aromatic hydroxyl groups is 2. The Morgan fingerprint density at radius 2 is 1.40 bits per heavy atom. The van der Waals surface area contributed by atoms with Crippen molar-refractivity contribution in [2.24, 2.45) is 0 Å². The zero-order chi connectivity index (χ0) is 41.1. The Balaban J connectivity index is 1.01. The van der Waals surface area contributed by atoms with Crippen LogP contribution in [0.2, 0.25) is 0 Å². The third-order valence-electron chi connectivity index (χ3n) is 9.85. The van der Waals surface area contributed by atoms with Crippen molar-refractivity contribution < 1.29 is 70.7 Å². The fourth-order valence-electron chi connectivity index (χ4n) is 7.22. The van der Waals surface area contributed by atoms with E-state index in [0.717, 1.165) is 0 Å². The molecule has 4 amide bonds. The molecule has 0 aromatic heterocycles. The predicted molar refractivity (Wildman–Crippen MR) is 196 cm³/mol. The van der Waals surface area contributed by atoms with Crippen molar-refractivity contribution in [3.05, 3.63) is 82.4 Å². The number of rotatable bonds is 16. The van der Waals surface area contributed by atoms with Crippen molar-refractivity contribution in [1.82, 2.24) is 15.7 Å².